The second-order valence-corrected chi connectivity index (χ2v) is 5.10. The van der Waals surface area contributed by atoms with Crippen molar-refractivity contribution in [3.05, 3.63) is 36.0 Å². The van der Waals surface area contributed by atoms with Crippen molar-refractivity contribution in [1.29, 1.82) is 0 Å². The van der Waals surface area contributed by atoms with Gasteiger partial charge >= 0.3 is 6.03 Å². The van der Waals surface area contributed by atoms with Gasteiger partial charge in [0.1, 0.15) is 5.82 Å². The van der Waals surface area contributed by atoms with Crippen LogP contribution in [0, 0.1) is 5.82 Å². The minimum absolute atomic E-state index is 0.119. The SMILES string of the molecule is O=C(NCCc1nc(-c2ccc(F)cc2)no1)N1CCOCC1. The molecule has 1 saturated heterocycles. The molecule has 2 heterocycles. The van der Waals surface area contributed by atoms with Gasteiger partial charge in [0.25, 0.3) is 0 Å². The third-order valence-electron chi connectivity index (χ3n) is 3.48. The number of nitrogens with zero attached hydrogens (tertiary/aromatic N) is 3. The number of benzene rings is 1. The van der Waals surface area contributed by atoms with Crippen molar-refractivity contribution in [3.8, 4) is 11.4 Å². The van der Waals surface area contributed by atoms with Gasteiger partial charge in [0.05, 0.1) is 13.2 Å². The maximum absolute atomic E-state index is 12.9. The summed E-state index contributed by atoms with van der Waals surface area (Å²) in [5.41, 5.74) is 0.679. The second kappa shape index (κ2) is 7.19. The Morgan fingerprint density at radius 3 is 2.74 bits per heavy atom. The molecule has 1 aromatic carbocycles. The maximum Gasteiger partial charge on any atom is 0.317 e. The fraction of sp³-hybridized carbons (Fsp3) is 0.400. The first-order valence-corrected chi connectivity index (χ1v) is 7.41. The molecule has 0 bridgehead atoms. The smallest absolute Gasteiger partial charge is 0.317 e. The van der Waals surface area contributed by atoms with Gasteiger partial charge in [0.15, 0.2) is 0 Å². The van der Waals surface area contributed by atoms with Gasteiger partial charge in [-0.25, -0.2) is 9.18 Å². The van der Waals surface area contributed by atoms with Crippen LogP contribution in [0.1, 0.15) is 5.89 Å². The number of urea groups is 1. The van der Waals surface area contributed by atoms with Gasteiger partial charge in [-0.15, -0.1) is 0 Å². The lowest BCUT2D eigenvalue weighted by Crippen LogP contribution is -2.46. The summed E-state index contributed by atoms with van der Waals surface area (Å²) in [6.45, 7) is 2.74. The van der Waals surface area contributed by atoms with E-state index in [1.807, 2.05) is 0 Å². The van der Waals surface area contributed by atoms with Gasteiger partial charge < -0.3 is 19.5 Å². The first kappa shape index (κ1) is 15.4. The Morgan fingerprint density at radius 1 is 1.26 bits per heavy atom. The standard InChI is InChI=1S/C15H17FN4O3/c16-12-3-1-11(2-4-12)14-18-13(23-19-14)5-6-17-15(21)20-7-9-22-10-8-20/h1-4H,5-10H2,(H,17,21). The van der Waals surface area contributed by atoms with Crippen molar-refractivity contribution in [2.45, 2.75) is 6.42 Å². The summed E-state index contributed by atoms with van der Waals surface area (Å²) in [5.74, 6) is 0.509. The van der Waals surface area contributed by atoms with E-state index in [1.54, 1.807) is 17.0 Å². The van der Waals surface area contributed by atoms with Crippen molar-refractivity contribution in [3.63, 3.8) is 0 Å². The summed E-state index contributed by atoms with van der Waals surface area (Å²) in [5, 5.41) is 6.67. The van der Waals surface area contributed by atoms with Gasteiger partial charge in [-0.2, -0.15) is 4.98 Å². The molecule has 1 aromatic heterocycles. The lowest BCUT2D eigenvalue weighted by Gasteiger charge is -2.26. The third-order valence-corrected chi connectivity index (χ3v) is 3.48. The molecule has 8 heteroatoms. The molecule has 0 spiro atoms. The number of hydrogen-bond acceptors (Lipinski definition) is 5. The molecule has 122 valence electrons. The molecule has 2 aromatic rings. The zero-order valence-electron chi connectivity index (χ0n) is 12.5. The highest BCUT2D eigenvalue weighted by atomic mass is 19.1. The predicted octanol–water partition coefficient (Wildman–Crippen LogP) is 1.46. The van der Waals surface area contributed by atoms with E-state index in [2.05, 4.69) is 15.5 Å². The second-order valence-electron chi connectivity index (χ2n) is 5.10. The van der Waals surface area contributed by atoms with E-state index in [1.165, 1.54) is 12.1 Å². The first-order chi connectivity index (χ1) is 11.2. The monoisotopic (exact) mass is 320 g/mol. The van der Waals surface area contributed by atoms with Crippen molar-refractivity contribution in [2.24, 2.45) is 0 Å². The van der Waals surface area contributed by atoms with E-state index in [0.29, 0.717) is 56.5 Å². The van der Waals surface area contributed by atoms with Crippen LogP contribution in [0.25, 0.3) is 11.4 Å². The average molecular weight is 320 g/mol. The Balaban J connectivity index is 1.49. The number of amides is 2. The van der Waals surface area contributed by atoms with E-state index in [9.17, 15) is 9.18 Å². The van der Waals surface area contributed by atoms with Crippen LogP contribution >= 0.6 is 0 Å². The minimum atomic E-state index is -0.316. The highest BCUT2D eigenvalue weighted by molar-refractivity contribution is 5.74. The van der Waals surface area contributed by atoms with Crippen LogP contribution in [-0.2, 0) is 11.2 Å². The molecular formula is C15H17FN4O3. The van der Waals surface area contributed by atoms with Crippen LogP contribution in [0.5, 0.6) is 0 Å². The molecule has 1 N–H and O–H groups in total. The first-order valence-electron chi connectivity index (χ1n) is 7.41. The summed E-state index contributed by atoms with van der Waals surface area (Å²) < 4.78 is 23.2. The normalized spacial score (nSPS) is 14.7. The molecule has 2 amide bonds. The van der Waals surface area contributed by atoms with Crippen molar-refractivity contribution < 1.29 is 18.4 Å². The fourth-order valence-electron chi connectivity index (χ4n) is 2.23. The highest BCUT2D eigenvalue weighted by Gasteiger charge is 2.16. The molecule has 1 aliphatic rings. The van der Waals surface area contributed by atoms with E-state index >= 15 is 0 Å². The highest BCUT2D eigenvalue weighted by Crippen LogP contribution is 2.16. The largest absolute Gasteiger partial charge is 0.378 e. The Labute approximate surface area is 132 Å². The van der Waals surface area contributed by atoms with Crippen LogP contribution in [0.3, 0.4) is 0 Å². The Bertz CT molecular complexity index is 653. The van der Waals surface area contributed by atoms with E-state index < -0.39 is 0 Å². The number of carbonyl (C=O) groups excluding carboxylic acids is 1. The molecule has 0 atom stereocenters. The Hall–Kier alpha value is -2.48. The molecule has 0 radical (unpaired) electrons. The van der Waals surface area contributed by atoms with Crippen LogP contribution in [-0.4, -0.2) is 53.9 Å². The van der Waals surface area contributed by atoms with Gasteiger partial charge in [-0.3, -0.25) is 0 Å². The maximum atomic E-state index is 12.9. The van der Waals surface area contributed by atoms with Gasteiger partial charge in [-0.1, -0.05) is 5.16 Å². The number of aromatic nitrogens is 2. The van der Waals surface area contributed by atoms with Crippen LogP contribution < -0.4 is 5.32 Å². The number of morpholine rings is 1. The molecule has 1 fully saturated rings. The van der Waals surface area contributed by atoms with Crippen molar-refractivity contribution in [2.75, 3.05) is 32.8 Å². The molecule has 0 saturated carbocycles. The van der Waals surface area contributed by atoms with Crippen molar-refractivity contribution >= 4 is 6.03 Å². The third kappa shape index (κ3) is 4.04. The molecular weight excluding hydrogens is 303 g/mol. The molecule has 3 rings (SSSR count). The molecule has 23 heavy (non-hydrogen) atoms. The summed E-state index contributed by atoms with van der Waals surface area (Å²) in [4.78, 5) is 17.8. The molecule has 0 aliphatic carbocycles. The average Bonchev–Trinajstić information content (AvgIpc) is 3.05. The summed E-state index contributed by atoms with van der Waals surface area (Å²) in [7, 11) is 0. The summed E-state index contributed by atoms with van der Waals surface area (Å²) in [6.07, 6.45) is 0.435. The lowest BCUT2D eigenvalue weighted by atomic mass is 10.2. The quantitative estimate of drug-likeness (QED) is 0.922. The number of ether oxygens (including phenoxy) is 1. The molecule has 1 aliphatic heterocycles. The Morgan fingerprint density at radius 2 is 2.00 bits per heavy atom. The van der Waals surface area contributed by atoms with Crippen LogP contribution in [0.15, 0.2) is 28.8 Å². The van der Waals surface area contributed by atoms with Crippen LogP contribution in [0.2, 0.25) is 0 Å². The summed E-state index contributed by atoms with van der Waals surface area (Å²) in [6, 6.07) is 5.74. The van der Waals surface area contributed by atoms with E-state index in [4.69, 9.17) is 9.26 Å². The summed E-state index contributed by atoms with van der Waals surface area (Å²) >= 11 is 0. The van der Waals surface area contributed by atoms with Crippen LogP contribution in [0.4, 0.5) is 9.18 Å². The number of nitrogens with one attached hydrogen (secondary N) is 1. The molecule has 0 unspecified atom stereocenters. The van der Waals surface area contributed by atoms with E-state index in [0.717, 1.165) is 0 Å². The topological polar surface area (TPSA) is 80.5 Å². The predicted molar refractivity (Wildman–Crippen MR) is 79.2 cm³/mol. The number of carbonyl (C=O) groups is 1. The van der Waals surface area contributed by atoms with Crippen molar-refractivity contribution in [1.82, 2.24) is 20.4 Å². The molecule has 7 nitrogen and oxygen atoms in total. The Kier molecular flexibility index (Phi) is 4.82. The zero-order chi connectivity index (χ0) is 16.1. The zero-order valence-corrected chi connectivity index (χ0v) is 12.5. The number of rotatable bonds is 4. The minimum Gasteiger partial charge on any atom is -0.378 e. The number of halogens is 1. The number of hydrogen-bond donors (Lipinski definition) is 1. The van der Waals surface area contributed by atoms with Gasteiger partial charge in [0.2, 0.25) is 11.7 Å². The van der Waals surface area contributed by atoms with Gasteiger partial charge in [0, 0.05) is 31.6 Å². The fourth-order valence-corrected chi connectivity index (χ4v) is 2.23. The lowest BCUT2D eigenvalue weighted by molar-refractivity contribution is 0.0532. The van der Waals surface area contributed by atoms with Gasteiger partial charge in [-0.05, 0) is 24.3 Å². The van der Waals surface area contributed by atoms with E-state index in [-0.39, 0.29) is 11.8 Å².